The second-order valence-corrected chi connectivity index (χ2v) is 5.98. The summed E-state index contributed by atoms with van der Waals surface area (Å²) in [5.41, 5.74) is 1.79. The van der Waals surface area contributed by atoms with Crippen molar-refractivity contribution < 1.29 is 51.7 Å². The van der Waals surface area contributed by atoms with Crippen LogP contribution in [0.4, 0.5) is 0 Å². The second-order valence-electron chi connectivity index (χ2n) is 3.15. The Labute approximate surface area is 118 Å². The minimum Gasteiger partial charge on any atom is -0.462 e. The van der Waals surface area contributed by atoms with E-state index in [2.05, 4.69) is 13.6 Å². The van der Waals surface area contributed by atoms with E-state index in [1.54, 1.807) is 5.43 Å². The first-order chi connectivity index (χ1) is 9.56. The molecule has 0 aromatic rings. The molecule has 0 fully saturated rings. The first-order valence-corrected chi connectivity index (χ1v) is 8.05. The summed E-state index contributed by atoms with van der Waals surface area (Å²) in [5, 5.41) is 0. The first-order valence-electron chi connectivity index (χ1n) is 5.03. The van der Waals surface area contributed by atoms with Crippen LogP contribution in [0.5, 0.6) is 0 Å². The van der Waals surface area contributed by atoms with Gasteiger partial charge in [-0.1, -0.05) is 0 Å². The fourth-order valence-electron chi connectivity index (χ4n) is 0.755. The molecule has 1 amide bonds. The lowest BCUT2D eigenvalue weighted by Gasteiger charge is -2.12. The number of carbonyl (C=O) groups is 2. The zero-order chi connectivity index (χ0) is 16.5. The molecule has 0 radical (unpaired) electrons. The highest BCUT2D eigenvalue weighted by Gasteiger charge is 2.33. The van der Waals surface area contributed by atoms with Crippen molar-refractivity contribution >= 4 is 27.5 Å². The highest BCUT2D eigenvalue weighted by atomic mass is 31.3. The van der Waals surface area contributed by atoms with Crippen molar-refractivity contribution in [1.29, 1.82) is 0 Å². The molecule has 13 nitrogen and oxygen atoms in total. The predicted molar refractivity (Wildman–Crippen MR) is 63.0 cm³/mol. The predicted octanol–water partition coefficient (Wildman–Crippen LogP) is -2.24. The number of rotatable bonds is 10. The van der Waals surface area contributed by atoms with Crippen molar-refractivity contribution in [2.45, 2.75) is 0 Å². The maximum atomic E-state index is 11.0. The molecule has 0 bridgehead atoms. The van der Waals surface area contributed by atoms with Gasteiger partial charge < -0.3 is 24.2 Å². The van der Waals surface area contributed by atoms with Gasteiger partial charge in [0.2, 0.25) is 0 Å². The van der Waals surface area contributed by atoms with Gasteiger partial charge in [-0.25, -0.2) is 19.8 Å². The van der Waals surface area contributed by atoms with Crippen LogP contribution in [0.1, 0.15) is 0 Å². The number of ether oxygens (including phenoxy) is 2. The molecule has 0 aromatic carbocycles. The topological polar surface area (TPSA) is 204 Å². The van der Waals surface area contributed by atoms with Gasteiger partial charge in [-0.3, -0.25) is 14.7 Å². The Morgan fingerprint density at radius 2 is 1.71 bits per heavy atom. The Hall–Kier alpha value is -0.880. The smallest absolute Gasteiger partial charge is 0.462 e. The van der Waals surface area contributed by atoms with Crippen LogP contribution in [0.2, 0.25) is 0 Å². The second kappa shape index (κ2) is 9.20. The number of nitrogens with two attached hydrogens (primary N) is 1. The summed E-state index contributed by atoms with van der Waals surface area (Å²) in [6.45, 7) is -1.90. The standard InChI is InChI=1S/C6H14N2O11P2/c7-8-5(9)3-16-1-2-17-6(10)4-18-21(14,15)19-20(11,12)13/h1-4,7H2,(H,8,9)(H,14,15)(H2,11,12,13). The SMILES string of the molecule is NNC(=O)COCCOC(=O)COP(=O)(O)OP(=O)(O)O. The van der Waals surface area contributed by atoms with Gasteiger partial charge >= 0.3 is 21.6 Å². The number of hydrazine groups is 1. The molecule has 0 saturated heterocycles. The molecular formula is C6H14N2O11P2. The number of hydrogen-bond donors (Lipinski definition) is 5. The molecule has 0 aliphatic heterocycles. The van der Waals surface area contributed by atoms with E-state index in [-0.39, 0.29) is 19.8 Å². The third kappa shape index (κ3) is 12.6. The zero-order valence-electron chi connectivity index (χ0n) is 10.4. The summed E-state index contributed by atoms with van der Waals surface area (Å²) >= 11 is 0. The van der Waals surface area contributed by atoms with Crippen molar-refractivity contribution in [3.8, 4) is 0 Å². The van der Waals surface area contributed by atoms with Crippen LogP contribution in [0, 0.1) is 0 Å². The van der Waals surface area contributed by atoms with E-state index in [1.807, 2.05) is 0 Å². The summed E-state index contributed by atoms with van der Waals surface area (Å²) < 4.78 is 37.8. The minimum absolute atomic E-state index is 0.158. The summed E-state index contributed by atoms with van der Waals surface area (Å²) in [5.74, 6) is 3.04. The van der Waals surface area contributed by atoms with Gasteiger partial charge in [0.05, 0.1) is 6.61 Å². The molecule has 0 rings (SSSR count). The van der Waals surface area contributed by atoms with Crippen molar-refractivity contribution in [3.05, 3.63) is 0 Å². The number of hydrogen-bond acceptors (Lipinski definition) is 9. The number of amides is 1. The van der Waals surface area contributed by atoms with Crippen LogP contribution in [0.15, 0.2) is 0 Å². The van der Waals surface area contributed by atoms with Crippen molar-refractivity contribution in [2.24, 2.45) is 5.84 Å². The summed E-state index contributed by atoms with van der Waals surface area (Å²) in [6.07, 6.45) is 0. The van der Waals surface area contributed by atoms with Crippen molar-refractivity contribution in [2.75, 3.05) is 26.4 Å². The van der Waals surface area contributed by atoms with E-state index in [0.717, 1.165) is 0 Å². The van der Waals surface area contributed by atoms with Gasteiger partial charge in [0, 0.05) is 0 Å². The van der Waals surface area contributed by atoms with Crippen LogP contribution >= 0.6 is 15.6 Å². The van der Waals surface area contributed by atoms with Gasteiger partial charge in [-0.05, 0) is 0 Å². The van der Waals surface area contributed by atoms with Crippen molar-refractivity contribution in [1.82, 2.24) is 5.43 Å². The summed E-state index contributed by atoms with van der Waals surface area (Å²) in [4.78, 5) is 47.0. The Morgan fingerprint density at radius 3 is 2.24 bits per heavy atom. The van der Waals surface area contributed by atoms with Crippen molar-refractivity contribution in [3.63, 3.8) is 0 Å². The lowest BCUT2D eigenvalue weighted by Crippen LogP contribution is -2.33. The number of phosphoric acid groups is 2. The molecule has 1 unspecified atom stereocenters. The maximum Gasteiger partial charge on any atom is 0.481 e. The highest BCUT2D eigenvalue weighted by Crippen LogP contribution is 2.57. The van der Waals surface area contributed by atoms with Gasteiger partial charge in [0.25, 0.3) is 5.91 Å². The Bertz CT molecular complexity index is 448. The quantitative estimate of drug-likeness (QED) is 0.0707. The van der Waals surface area contributed by atoms with Gasteiger partial charge in [-0.15, -0.1) is 0 Å². The number of carbonyl (C=O) groups excluding carboxylic acids is 2. The molecule has 124 valence electrons. The largest absolute Gasteiger partial charge is 0.481 e. The zero-order valence-corrected chi connectivity index (χ0v) is 12.2. The van der Waals surface area contributed by atoms with Crippen LogP contribution in [0.25, 0.3) is 0 Å². The van der Waals surface area contributed by atoms with E-state index >= 15 is 0 Å². The molecule has 0 heterocycles. The van der Waals surface area contributed by atoms with Gasteiger partial charge in [0.15, 0.2) is 6.61 Å². The van der Waals surface area contributed by atoms with Gasteiger partial charge in [0.1, 0.15) is 13.2 Å². The molecule has 0 saturated carbocycles. The average molecular weight is 352 g/mol. The fraction of sp³-hybridized carbons (Fsp3) is 0.667. The third-order valence-corrected chi connectivity index (χ3v) is 3.57. The van der Waals surface area contributed by atoms with Crippen LogP contribution in [0.3, 0.4) is 0 Å². The average Bonchev–Trinajstić information content (AvgIpc) is 2.33. The lowest BCUT2D eigenvalue weighted by atomic mass is 10.6. The van der Waals surface area contributed by atoms with Gasteiger partial charge in [-0.2, -0.15) is 4.31 Å². The van der Waals surface area contributed by atoms with E-state index < -0.39 is 34.1 Å². The maximum absolute atomic E-state index is 11.0. The Balaban J connectivity index is 3.83. The normalized spacial score (nSPS) is 14.3. The molecule has 1 atom stereocenters. The Morgan fingerprint density at radius 1 is 1.10 bits per heavy atom. The van der Waals surface area contributed by atoms with Crippen LogP contribution in [-0.2, 0) is 37.0 Å². The fourth-order valence-corrected chi connectivity index (χ4v) is 2.29. The minimum atomic E-state index is -5.25. The molecule has 15 heteroatoms. The molecule has 21 heavy (non-hydrogen) atoms. The summed E-state index contributed by atoms with van der Waals surface area (Å²) in [7, 11) is -10.3. The molecule has 0 aliphatic rings. The number of phosphoric ester groups is 1. The van der Waals surface area contributed by atoms with Crippen LogP contribution < -0.4 is 11.3 Å². The third-order valence-electron chi connectivity index (χ3n) is 1.44. The van der Waals surface area contributed by atoms with E-state index in [4.69, 9.17) is 25.3 Å². The molecule has 0 aliphatic carbocycles. The van der Waals surface area contributed by atoms with Crippen LogP contribution in [-0.4, -0.2) is 53.0 Å². The lowest BCUT2D eigenvalue weighted by molar-refractivity contribution is -0.148. The number of nitrogens with one attached hydrogen (secondary N) is 1. The molecular weight excluding hydrogens is 338 g/mol. The first kappa shape index (κ1) is 20.1. The van der Waals surface area contributed by atoms with E-state index in [9.17, 15) is 18.7 Å². The summed E-state index contributed by atoms with van der Waals surface area (Å²) in [6, 6.07) is 0. The van der Waals surface area contributed by atoms with E-state index in [1.165, 1.54) is 0 Å². The number of esters is 1. The molecule has 0 aromatic heterocycles. The molecule has 6 N–H and O–H groups in total. The molecule has 0 spiro atoms. The van der Waals surface area contributed by atoms with E-state index in [0.29, 0.717) is 0 Å². The highest BCUT2D eigenvalue weighted by molar-refractivity contribution is 7.60. The Kier molecular flexibility index (Phi) is 8.82. The monoisotopic (exact) mass is 352 g/mol.